The van der Waals surface area contributed by atoms with Gasteiger partial charge < -0.3 is 4.90 Å². The molecule has 1 aromatic carbocycles. The van der Waals surface area contributed by atoms with Crippen molar-refractivity contribution < 1.29 is 18.0 Å². The number of pyridine rings is 1. The van der Waals surface area contributed by atoms with Crippen LogP contribution in [0, 0.1) is 0 Å². The number of benzene rings is 1. The maximum atomic E-state index is 12.8. The molecule has 2 N–H and O–H groups in total. The third-order valence-corrected chi connectivity index (χ3v) is 7.30. The monoisotopic (exact) mass is 457 g/mol. The summed E-state index contributed by atoms with van der Waals surface area (Å²) in [6.07, 6.45) is 2.16. The number of sulfonamides is 1. The van der Waals surface area contributed by atoms with Gasteiger partial charge in [-0.05, 0) is 42.3 Å². The quantitative estimate of drug-likeness (QED) is 0.414. The second-order valence-electron chi connectivity index (χ2n) is 7.10. The molecule has 0 atom stereocenters. The molecule has 0 bridgehead atoms. The van der Waals surface area contributed by atoms with Crippen LogP contribution < -0.4 is 15.8 Å². The third kappa shape index (κ3) is 3.89. The summed E-state index contributed by atoms with van der Waals surface area (Å²) in [7, 11) is -3.60. The van der Waals surface area contributed by atoms with Gasteiger partial charge in [-0.3, -0.25) is 20.4 Å². The highest BCUT2D eigenvalue weighted by molar-refractivity contribution is 7.89. The van der Waals surface area contributed by atoms with Gasteiger partial charge in [0.2, 0.25) is 10.0 Å². The molecule has 11 nitrogen and oxygen atoms in total. The zero-order chi connectivity index (χ0) is 22.9. The number of aromatic nitrogens is 3. The first kappa shape index (κ1) is 21.7. The fraction of sp³-hybridized carbons (Fsp3) is 0.300. The number of carbonyl (C=O) groups excluding carboxylic acids is 2. The molecule has 0 unspecified atom stereocenters. The molecule has 0 fully saturated rings. The van der Waals surface area contributed by atoms with E-state index in [9.17, 15) is 18.0 Å². The molecule has 1 aliphatic rings. The molecule has 168 valence electrons. The lowest BCUT2D eigenvalue weighted by Crippen LogP contribution is -2.44. The van der Waals surface area contributed by atoms with Crippen LogP contribution in [-0.2, 0) is 26.0 Å². The maximum absolute atomic E-state index is 12.8. The first-order chi connectivity index (χ1) is 15.3. The Balaban J connectivity index is 1.46. The maximum Gasteiger partial charge on any atom is 0.328 e. The van der Waals surface area contributed by atoms with E-state index in [2.05, 4.69) is 20.9 Å². The number of nitrogens with one attached hydrogen (secondary N) is 2. The molecule has 4 rings (SSSR count). The Kier molecular flexibility index (Phi) is 5.80. The van der Waals surface area contributed by atoms with Crippen LogP contribution >= 0.6 is 0 Å². The van der Waals surface area contributed by atoms with E-state index in [1.165, 1.54) is 19.8 Å². The van der Waals surface area contributed by atoms with Crippen molar-refractivity contribution in [2.45, 2.75) is 25.2 Å². The van der Waals surface area contributed by atoms with E-state index < -0.39 is 21.8 Å². The van der Waals surface area contributed by atoms with Crippen molar-refractivity contribution in [1.82, 2.24) is 24.3 Å². The van der Waals surface area contributed by atoms with Gasteiger partial charge in [0.1, 0.15) is 0 Å². The molecule has 0 spiro atoms. The summed E-state index contributed by atoms with van der Waals surface area (Å²) in [6.45, 7) is 4.58. The number of nitrogens with zero attached hydrogens (tertiary/aromatic N) is 5. The van der Waals surface area contributed by atoms with Crippen LogP contribution in [0.25, 0.3) is 5.65 Å². The molecule has 3 aromatic rings. The topological polar surface area (TPSA) is 129 Å². The van der Waals surface area contributed by atoms with Gasteiger partial charge in [-0.2, -0.15) is 9.29 Å². The molecule has 12 heteroatoms. The summed E-state index contributed by atoms with van der Waals surface area (Å²) in [6, 6.07) is 9.96. The summed E-state index contributed by atoms with van der Waals surface area (Å²) in [4.78, 5) is 30.8. The van der Waals surface area contributed by atoms with Gasteiger partial charge in [0.15, 0.2) is 5.65 Å². The van der Waals surface area contributed by atoms with Crippen molar-refractivity contribution >= 4 is 39.1 Å². The molecule has 2 aromatic heterocycles. The number of hydrogen-bond donors (Lipinski definition) is 2. The van der Waals surface area contributed by atoms with Crippen molar-refractivity contribution in [3.63, 3.8) is 0 Å². The zero-order valence-corrected chi connectivity index (χ0v) is 18.5. The Morgan fingerprint density at radius 3 is 2.66 bits per heavy atom. The second-order valence-corrected chi connectivity index (χ2v) is 9.04. The molecule has 32 heavy (non-hydrogen) atoms. The van der Waals surface area contributed by atoms with Crippen molar-refractivity contribution in [2.24, 2.45) is 0 Å². The first-order valence-corrected chi connectivity index (χ1v) is 11.6. The lowest BCUT2D eigenvalue weighted by molar-refractivity contribution is -0.137. The minimum absolute atomic E-state index is 0.144. The third-order valence-electron chi connectivity index (χ3n) is 5.26. The number of carbonyl (C=O) groups is 2. The fourth-order valence-corrected chi connectivity index (χ4v) is 5.14. The molecule has 0 radical (unpaired) electrons. The number of rotatable bonds is 6. The molecule has 3 heterocycles. The van der Waals surface area contributed by atoms with E-state index >= 15 is 0 Å². The van der Waals surface area contributed by atoms with Crippen LogP contribution in [0.3, 0.4) is 0 Å². The number of hydrazine groups is 1. The van der Waals surface area contributed by atoms with Gasteiger partial charge in [0.05, 0.1) is 4.90 Å². The highest BCUT2D eigenvalue weighted by atomic mass is 32.2. The average molecular weight is 458 g/mol. The normalized spacial score (nSPS) is 13.4. The second kappa shape index (κ2) is 8.55. The van der Waals surface area contributed by atoms with Gasteiger partial charge in [-0.1, -0.05) is 19.9 Å². The Hall–Kier alpha value is -3.51. The van der Waals surface area contributed by atoms with E-state index in [-0.39, 0.29) is 17.4 Å². The van der Waals surface area contributed by atoms with Gasteiger partial charge in [0, 0.05) is 31.5 Å². The molecule has 0 aliphatic carbocycles. The van der Waals surface area contributed by atoms with Crippen LogP contribution in [0.5, 0.6) is 0 Å². The summed E-state index contributed by atoms with van der Waals surface area (Å²) in [5.41, 5.74) is 6.66. The predicted molar refractivity (Wildman–Crippen MR) is 117 cm³/mol. The van der Waals surface area contributed by atoms with Gasteiger partial charge in [0.25, 0.3) is 5.95 Å². The number of fused-ring (bicyclic) bond motifs is 2. The zero-order valence-electron chi connectivity index (χ0n) is 17.6. The lowest BCUT2D eigenvalue weighted by atomic mass is 10.2. The molecular weight excluding hydrogens is 434 g/mol. The Labute approximate surface area is 185 Å². The summed E-state index contributed by atoms with van der Waals surface area (Å²) in [5, 5.41) is 4.13. The van der Waals surface area contributed by atoms with E-state index in [1.807, 2.05) is 0 Å². The summed E-state index contributed by atoms with van der Waals surface area (Å²) < 4.78 is 28.4. The molecule has 0 saturated heterocycles. The van der Waals surface area contributed by atoms with Gasteiger partial charge in [-0.15, -0.1) is 5.10 Å². The SMILES string of the molecule is CCN(CC)S(=O)(=O)c1ccc2c(c1)CCN2C(=O)C(=O)NNc1nc2ccccn2n1. The largest absolute Gasteiger partial charge is 0.328 e. The number of anilines is 2. The van der Waals surface area contributed by atoms with E-state index in [4.69, 9.17) is 0 Å². The minimum atomic E-state index is -3.60. The predicted octanol–water partition coefficient (Wildman–Crippen LogP) is 0.792. The summed E-state index contributed by atoms with van der Waals surface area (Å²) in [5.74, 6) is -1.50. The Bertz CT molecular complexity index is 1250. The fourth-order valence-electron chi connectivity index (χ4n) is 3.64. The Morgan fingerprint density at radius 2 is 1.94 bits per heavy atom. The van der Waals surface area contributed by atoms with E-state index in [1.54, 1.807) is 50.4 Å². The van der Waals surface area contributed by atoms with Crippen molar-refractivity contribution in [3.05, 3.63) is 48.2 Å². The Morgan fingerprint density at radius 1 is 1.16 bits per heavy atom. The van der Waals surface area contributed by atoms with Crippen molar-refractivity contribution in [2.75, 3.05) is 30.0 Å². The van der Waals surface area contributed by atoms with Gasteiger partial charge in [-0.25, -0.2) is 12.9 Å². The van der Waals surface area contributed by atoms with Crippen molar-refractivity contribution in [1.29, 1.82) is 0 Å². The molecule has 2 amide bonds. The van der Waals surface area contributed by atoms with E-state index in [0.717, 1.165) is 0 Å². The number of amides is 2. The van der Waals surface area contributed by atoms with Crippen LogP contribution in [0.4, 0.5) is 11.6 Å². The molecule has 1 aliphatic heterocycles. The van der Waals surface area contributed by atoms with Gasteiger partial charge >= 0.3 is 11.8 Å². The van der Waals surface area contributed by atoms with Crippen LogP contribution in [-0.4, -0.2) is 58.8 Å². The molecule has 0 saturated carbocycles. The highest BCUT2D eigenvalue weighted by Gasteiger charge is 2.31. The first-order valence-electron chi connectivity index (χ1n) is 10.2. The van der Waals surface area contributed by atoms with Crippen LogP contribution in [0.1, 0.15) is 19.4 Å². The van der Waals surface area contributed by atoms with E-state index in [0.29, 0.717) is 36.4 Å². The highest BCUT2D eigenvalue weighted by Crippen LogP contribution is 2.31. The average Bonchev–Trinajstić information content (AvgIpc) is 3.40. The van der Waals surface area contributed by atoms with Crippen LogP contribution in [0.2, 0.25) is 0 Å². The standard InChI is InChI=1S/C20H23N7O4S/c1-3-25(4-2)32(30,31)15-8-9-16-14(13-15)10-12-26(16)19(29)18(28)22-23-20-21-17-7-5-6-11-27(17)24-20/h5-9,11,13H,3-4,10,12H2,1-2H3,(H,22,28)(H,23,24). The lowest BCUT2D eigenvalue weighted by Gasteiger charge is -2.20. The summed E-state index contributed by atoms with van der Waals surface area (Å²) >= 11 is 0. The number of hydrogen-bond acceptors (Lipinski definition) is 7. The molecular formula is C20H23N7O4S. The smallest absolute Gasteiger partial charge is 0.303 e. The minimum Gasteiger partial charge on any atom is -0.303 e. The van der Waals surface area contributed by atoms with Crippen molar-refractivity contribution in [3.8, 4) is 0 Å². The van der Waals surface area contributed by atoms with Crippen LogP contribution in [0.15, 0.2) is 47.5 Å².